The van der Waals surface area contributed by atoms with Crippen LogP contribution in [-0.2, 0) is 11.3 Å². The van der Waals surface area contributed by atoms with Gasteiger partial charge in [-0.1, -0.05) is 25.1 Å². The van der Waals surface area contributed by atoms with Crippen LogP contribution in [0.15, 0.2) is 41.2 Å². The van der Waals surface area contributed by atoms with Crippen molar-refractivity contribution in [2.24, 2.45) is 0 Å². The van der Waals surface area contributed by atoms with E-state index in [0.29, 0.717) is 13.2 Å². The van der Waals surface area contributed by atoms with Crippen LogP contribution < -0.4 is 10.9 Å². The van der Waals surface area contributed by atoms with E-state index in [1.54, 1.807) is 13.2 Å². The fourth-order valence-electron chi connectivity index (χ4n) is 2.38. The number of para-hydroxylation sites is 1. The Hall–Kier alpha value is -1.65. The van der Waals surface area contributed by atoms with Gasteiger partial charge in [0.1, 0.15) is 0 Å². The highest BCUT2D eigenvalue weighted by Crippen LogP contribution is 2.11. The Morgan fingerprint density at radius 1 is 1.25 bits per heavy atom. The molecule has 0 radical (unpaired) electrons. The van der Waals surface area contributed by atoms with E-state index in [9.17, 15) is 4.79 Å². The average Bonchev–Trinajstić information content (AvgIpc) is 2.47. The number of aromatic nitrogens is 1. The summed E-state index contributed by atoms with van der Waals surface area (Å²) in [6, 6.07) is 11.6. The van der Waals surface area contributed by atoms with E-state index >= 15 is 0 Å². The minimum Gasteiger partial charge on any atom is -0.383 e. The molecule has 0 amide bonds. The van der Waals surface area contributed by atoms with E-state index in [1.165, 1.54) is 0 Å². The summed E-state index contributed by atoms with van der Waals surface area (Å²) >= 11 is 0. The van der Waals surface area contributed by atoms with Gasteiger partial charge in [0.25, 0.3) is 5.56 Å². The molecular formula is C16H22N2O2. The van der Waals surface area contributed by atoms with Gasteiger partial charge >= 0.3 is 0 Å². The van der Waals surface area contributed by atoms with Crippen LogP contribution in [0.25, 0.3) is 10.9 Å². The fourth-order valence-corrected chi connectivity index (χ4v) is 2.38. The molecule has 0 fully saturated rings. The summed E-state index contributed by atoms with van der Waals surface area (Å²) in [7, 11) is 1.69. The van der Waals surface area contributed by atoms with Gasteiger partial charge in [-0.3, -0.25) is 4.79 Å². The quantitative estimate of drug-likeness (QED) is 0.840. The third-order valence-corrected chi connectivity index (χ3v) is 3.35. The van der Waals surface area contributed by atoms with Gasteiger partial charge < -0.3 is 14.6 Å². The van der Waals surface area contributed by atoms with Gasteiger partial charge in [-0.05, 0) is 30.5 Å². The number of hydrogen-bond donors (Lipinski definition) is 1. The van der Waals surface area contributed by atoms with Crippen molar-refractivity contribution < 1.29 is 4.74 Å². The van der Waals surface area contributed by atoms with Crippen LogP contribution >= 0.6 is 0 Å². The first-order valence-electron chi connectivity index (χ1n) is 7.07. The number of fused-ring (bicyclic) bond motifs is 1. The highest BCUT2D eigenvalue weighted by molar-refractivity contribution is 5.78. The molecule has 2 rings (SSSR count). The summed E-state index contributed by atoms with van der Waals surface area (Å²) in [5.74, 6) is 0. The lowest BCUT2D eigenvalue weighted by Gasteiger charge is -2.20. The number of methoxy groups -OCH3 is 1. The number of ether oxygens (including phenoxy) is 1. The van der Waals surface area contributed by atoms with Crippen molar-refractivity contribution in [3.63, 3.8) is 0 Å². The molecule has 2 aromatic rings. The van der Waals surface area contributed by atoms with E-state index < -0.39 is 0 Å². The Morgan fingerprint density at radius 2 is 2.05 bits per heavy atom. The molecule has 0 saturated heterocycles. The van der Waals surface area contributed by atoms with Crippen LogP contribution in [0.2, 0.25) is 0 Å². The standard InChI is InChI=1S/C16H22N2O2/c1-3-10-17-14(12-20-2)11-18-15-7-5-4-6-13(15)8-9-16(18)19/h4-9,14,17H,3,10-12H2,1-2H3. The molecule has 0 saturated carbocycles. The lowest BCUT2D eigenvalue weighted by molar-refractivity contribution is 0.159. The topological polar surface area (TPSA) is 43.3 Å². The van der Waals surface area contributed by atoms with Gasteiger partial charge in [0.05, 0.1) is 12.1 Å². The monoisotopic (exact) mass is 274 g/mol. The van der Waals surface area contributed by atoms with Gasteiger partial charge in [0.15, 0.2) is 0 Å². The predicted octanol–water partition coefficient (Wildman–Crippen LogP) is 2.02. The third-order valence-electron chi connectivity index (χ3n) is 3.35. The molecule has 108 valence electrons. The molecule has 0 aliphatic heterocycles. The lowest BCUT2D eigenvalue weighted by atomic mass is 10.2. The zero-order valence-electron chi connectivity index (χ0n) is 12.1. The van der Waals surface area contributed by atoms with E-state index in [-0.39, 0.29) is 11.6 Å². The molecule has 1 N–H and O–H groups in total. The third kappa shape index (κ3) is 3.46. The van der Waals surface area contributed by atoms with Crippen molar-refractivity contribution in [3.05, 3.63) is 46.8 Å². The van der Waals surface area contributed by atoms with Crippen molar-refractivity contribution in [2.45, 2.75) is 25.9 Å². The van der Waals surface area contributed by atoms with Crippen LogP contribution in [-0.4, -0.2) is 30.9 Å². The van der Waals surface area contributed by atoms with Gasteiger partial charge in [0.2, 0.25) is 0 Å². The lowest BCUT2D eigenvalue weighted by Crippen LogP contribution is -2.40. The Bertz CT molecular complexity index is 607. The van der Waals surface area contributed by atoms with Crippen molar-refractivity contribution >= 4 is 10.9 Å². The van der Waals surface area contributed by atoms with Crippen molar-refractivity contribution in [1.82, 2.24) is 9.88 Å². The van der Waals surface area contributed by atoms with E-state index in [0.717, 1.165) is 23.9 Å². The molecule has 1 aromatic heterocycles. The van der Waals surface area contributed by atoms with Gasteiger partial charge in [-0.15, -0.1) is 0 Å². The van der Waals surface area contributed by atoms with E-state index in [2.05, 4.69) is 12.2 Å². The van der Waals surface area contributed by atoms with Crippen LogP contribution in [0.4, 0.5) is 0 Å². The maximum absolute atomic E-state index is 12.1. The first-order valence-corrected chi connectivity index (χ1v) is 7.07. The van der Waals surface area contributed by atoms with Gasteiger partial charge in [-0.2, -0.15) is 0 Å². The van der Waals surface area contributed by atoms with Crippen molar-refractivity contribution in [3.8, 4) is 0 Å². The molecule has 4 nitrogen and oxygen atoms in total. The first-order chi connectivity index (χ1) is 9.76. The molecule has 1 atom stereocenters. The van der Waals surface area contributed by atoms with Crippen LogP contribution in [0.1, 0.15) is 13.3 Å². The number of hydrogen-bond acceptors (Lipinski definition) is 3. The summed E-state index contributed by atoms with van der Waals surface area (Å²) in [4.78, 5) is 12.1. The molecule has 0 aliphatic rings. The van der Waals surface area contributed by atoms with E-state index in [4.69, 9.17) is 4.74 Å². The first kappa shape index (κ1) is 14.8. The van der Waals surface area contributed by atoms with Crippen molar-refractivity contribution in [2.75, 3.05) is 20.3 Å². The molecule has 4 heteroatoms. The van der Waals surface area contributed by atoms with E-state index in [1.807, 2.05) is 34.9 Å². The molecule has 1 heterocycles. The molecule has 1 aromatic carbocycles. The number of nitrogens with zero attached hydrogens (tertiary/aromatic N) is 1. The Morgan fingerprint density at radius 3 is 2.80 bits per heavy atom. The summed E-state index contributed by atoms with van der Waals surface area (Å²) in [6.45, 7) is 4.26. The molecule has 0 aliphatic carbocycles. The molecule has 0 bridgehead atoms. The zero-order valence-corrected chi connectivity index (χ0v) is 12.1. The van der Waals surface area contributed by atoms with Crippen LogP contribution in [0, 0.1) is 0 Å². The van der Waals surface area contributed by atoms with Crippen LogP contribution in [0.5, 0.6) is 0 Å². The molecule has 20 heavy (non-hydrogen) atoms. The average molecular weight is 274 g/mol. The number of rotatable bonds is 7. The molecular weight excluding hydrogens is 252 g/mol. The molecule has 0 spiro atoms. The second-order valence-electron chi connectivity index (χ2n) is 4.95. The highest BCUT2D eigenvalue weighted by Gasteiger charge is 2.11. The number of benzene rings is 1. The summed E-state index contributed by atoms with van der Waals surface area (Å²) in [6.07, 6.45) is 1.06. The number of pyridine rings is 1. The highest BCUT2D eigenvalue weighted by atomic mass is 16.5. The summed E-state index contributed by atoms with van der Waals surface area (Å²) in [5.41, 5.74) is 1.00. The second-order valence-corrected chi connectivity index (χ2v) is 4.95. The predicted molar refractivity (Wildman–Crippen MR) is 82.2 cm³/mol. The maximum atomic E-state index is 12.1. The minimum atomic E-state index is 0.0306. The van der Waals surface area contributed by atoms with Gasteiger partial charge in [-0.25, -0.2) is 0 Å². The fraction of sp³-hybridized carbons (Fsp3) is 0.438. The Balaban J connectivity index is 2.30. The van der Waals surface area contributed by atoms with Crippen LogP contribution in [0.3, 0.4) is 0 Å². The zero-order chi connectivity index (χ0) is 14.4. The summed E-state index contributed by atoms with van der Waals surface area (Å²) < 4.78 is 7.07. The second kappa shape index (κ2) is 7.22. The normalized spacial score (nSPS) is 12.7. The molecule has 1 unspecified atom stereocenters. The number of nitrogens with one attached hydrogen (secondary N) is 1. The smallest absolute Gasteiger partial charge is 0.251 e. The largest absolute Gasteiger partial charge is 0.383 e. The Kier molecular flexibility index (Phi) is 5.32. The summed E-state index contributed by atoms with van der Waals surface area (Å²) in [5, 5.41) is 4.51. The van der Waals surface area contributed by atoms with Gasteiger partial charge in [0, 0.05) is 25.8 Å². The minimum absolute atomic E-state index is 0.0306. The maximum Gasteiger partial charge on any atom is 0.251 e. The SMILES string of the molecule is CCCNC(COC)Cn1c(=O)ccc2ccccc21. The van der Waals surface area contributed by atoms with Crippen molar-refractivity contribution in [1.29, 1.82) is 0 Å². The Labute approximate surface area is 119 Å².